The Morgan fingerprint density at radius 3 is 2.52 bits per heavy atom. The van der Waals surface area contributed by atoms with Crippen molar-refractivity contribution in [2.45, 2.75) is 83.3 Å². The van der Waals surface area contributed by atoms with Gasteiger partial charge in [0.05, 0.1) is 19.0 Å². The van der Waals surface area contributed by atoms with Crippen LogP contribution in [0.15, 0.2) is 12.3 Å². The fourth-order valence-corrected chi connectivity index (χ4v) is 3.44. The van der Waals surface area contributed by atoms with Gasteiger partial charge < -0.3 is 18.6 Å². The lowest BCUT2D eigenvalue weighted by Gasteiger charge is -2.37. The lowest BCUT2D eigenvalue weighted by atomic mass is 10.1. The van der Waals surface area contributed by atoms with Gasteiger partial charge in [-0.15, -0.1) is 0 Å². The molecule has 0 spiro atoms. The Morgan fingerprint density at radius 1 is 1.24 bits per heavy atom. The van der Waals surface area contributed by atoms with E-state index >= 15 is 0 Å². The van der Waals surface area contributed by atoms with Gasteiger partial charge in [-0.25, -0.2) is 0 Å². The second-order valence-electron chi connectivity index (χ2n) is 7.99. The van der Waals surface area contributed by atoms with Crippen LogP contribution in [0.5, 0.6) is 0 Å². The molecule has 5 heteroatoms. The summed E-state index contributed by atoms with van der Waals surface area (Å²) in [5.41, 5.74) is 0. The van der Waals surface area contributed by atoms with Gasteiger partial charge in [0.2, 0.25) is 0 Å². The quantitative estimate of drug-likeness (QED) is 0.742. The minimum absolute atomic E-state index is 0.0479. The van der Waals surface area contributed by atoms with E-state index in [1.54, 1.807) is 6.26 Å². The van der Waals surface area contributed by atoms with E-state index in [4.69, 9.17) is 18.6 Å². The number of fused-ring (bicyclic) bond motifs is 1. The number of hydrogen-bond donors (Lipinski definition) is 0. The van der Waals surface area contributed by atoms with E-state index in [0.717, 1.165) is 6.42 Å². The van der Waals surface area contributed by atoms with Crippen molar-refractivity contribution in [3.63, 3.8) is 0 Å². The van der Waals surface area contributed by atoms with Crippen LogP contribution >= 0.6 is 0 Å². The Bertz CT molecular complexity index is 398. The summed E-state index contributed by atoms with van der Waals surface area (Å²) in [7, 11) is -1.79. The van der Waals surface area contributed by atoms with E-state index in [1.165, 1.54) is 0 Å². The van der Waals surface area contributed by atoms with E-state index in [-0.39, 0.29) is 23.4 Å². The zero-order valence-corrected chi connectivity index (χ0v) is 15.4. The molecule has 0 bridgehead atoms. The Labute approximate surface area is 129 Å². The van der Waals surface area contributed by atoms with E-state index in [9.17, 15) is 0 Å². The Morgan fingerprint density at radius 2 is 1.90 bits per heavy atom. The fourth-order valence-electron chi connectivity index (χ4n) is 2.43. The molecule has 1 saturated heterocycles. The topological polar surface area (TPSA) is 36.9 Å². The van der Waals surface area contributed by atoms with Gasteiger partial charge in [-0.1, -0.05) is 20.8 Å². The molecule has 0 N–H and O–H groups in total. The number of hydrogen-bond acceptors (Lipinski definition) is 4. The molecule has 0 amide bonds. The molecule has 2 rings (SSSR count). The zero-order chi connectivity index (χ0) is 15.9. The van der Waals surface area contributed by atoms with Gasteiger partial charge in [-0.05, 0) is 44.5 Å². The van der Waals surface area contributed by atoms with Crippen molar-refractivity contribution < 1.29 is 18.6 Å². The van der Waals surface area contributed by atoms with E-state index in [1.807, 2.05) is 19.9 Å². The highest BCUT2D eigenvalue weighted by atomic mass is 28.4. The van der Waals surface area contributed by atoms with Gasteiger partial charge in [0.1, 0.15) is 12.2 Å². The average Bonchev–Trinajstić information content (AvgIpc) is 2.50. The Kier molecular flexibility index (Phi) is 4.60. The van der Waals surface area contributed by atoms with Gasteiger partial charge in [0.25, 0.3) is 0 Å². The zero-order valence-electron chi connectivity index (χ0n) is 14.4. The highest BCUT2D eigenvalue weighted by molar-refractivity contribution is 6.74. The van der Waals surface area contributed by atoms with Crippen molar-refractivity contribution in [1.82, 2.24) is 0 Å². The maximum Gasteiger partial charge on any atom is 0.192 e. The summed E-state index contributed by atoms with van der Waals surface area (Å²) in [6.45, 7) is 15.7. The molecule has 3 atom stereocenters. The SMILES string of the molecule is CC1(C)O[C@H]2[C@H](CC=CO[C@@H]2CO[Si](C)(C)C(C)(C)C)O1. The molecular formula is C16H30O4Si. The van der Waals surface area contributed by atoms with Gasteiger partial charge in [0, 0.05) is 0 Å². The van der Waals surface area contributed by atoms with Crippen LogP contribution in [0.1, 0.15) is 41.0 Å². The van der Waals surface area contributed by atoms with Crippen LogP contribution < -0.4 is 0 Å². The van der Waals surface area contributed by atoms with Crippen molar-refractivity contribution in [2.24, 2.45) is 0 Å². The van der Waals surface area contributed by atoms with Crippen molar-refractivity contribution in [2.75, 3.05) is 6.61 Å². The summed E-state index contributed by atoms with van der Waals surface area (Å²) in [5, 5.41) is 0.194. The van der Waals surface area contributed by atoms with Crippen LogP contribution in [-0.2, 0) is 18.6 Å². The summed E-state index contributed by atoms with van der Waals surface area (Å²) < 4.78 is 24.1. The average molecular weight is 314 g/mol. The lowest BCUT2D eigenvalue weighted by Crippen LogP contribution is -2.46. The molecule has 0 aromatic heterocycles. The number of ether oxygens (including phenoxy) is 3. The molecule has 0 radical (unpaired) electrons. The summed E-state index contributed by atoms with van der Waals surface area (Å²) in [6.07, 6.45) is 4.47. The third-order valence-electron chi connectivity index (χ3n) is 4.72. The summed E-state index contributed by atoms with van der Waals surface area (Å²) in [5.74, 6) is -0.543. The molecule has 2 aliphatic rings. The summed E-state index contributed by atoms with van der Waals surface area (Å²) >= 11 is 0. The first-order valence-electron chi connectivity index (χ1n) is 7.82. The van der Waals surface area contributed by atoms with Crippen LogP contribution in [-0.4, -0.2) is 39.0 Å². The van der Waals surface area contributed by atoms with Crippen molar-refractivity contribution in [3.8, 4) is 0 Å². The minimum atomic E-state index is -1.79. The van der Waals surface area contributed by atoms with E-state index in [2.05, 4.69) is 33.9 Å². The van der Waals surface area contributed by atoms with Crippen molar-refractivity contribution in [3.05, 3.63) is 12.3 Å². The molecular weight excluding hydrogens is 284 g/mol. The maximum absolute atomic E-state index is 6.31. The third-order valence-corrected chi connectivity index (χ3v) is 9.22. The normalized spacial score (nSPS) is 32.4. The molecule has 2 heterocycles. The van der Waals surface area contributed by atoms with Gasteiger partial charge in [0.15, 0.2) is 14.1 Å². The molecule has 4 nitrogen and oxygen atoms in total. The number of rotatable bonds is 3. The first-order chi connectivity index (χ1) is 9.52. The van der Waals surface area contributed by atoms with Crippen LogP contribution in [0.2, 0.25) is 18.1 Å². The molecule has 0 aliphatic carbocycles. The Hall–Kier alpha value is -0.363. The van der Waals surface area contributed by atoms with Crippen LogP contribution in [0.4, 0.5) is 0 Å². The molecule has 0 unspecified atom stereocenters. The molecule has 0 aromatic rings. The lowest BCUT2D eigenvalue weighted by molar-refractivity contribution is -0.158. The third kappa shape index (κ3) is 3.89. The molecule has 0 saturated carbocycles. The monoisotopic (exact) mass is 314 g/mol. The van der Waals surface area contributed by atoms with Crippen LogP contribution in [0.3, 0.4) is 0 Å². The highest BCUT2D eigenvalue weighted by Gasteiger charge is 2.47. The predicted molar refractivity (Wildman–Crippen MR) is 85.6 cm³/mol. The second-order valence-corrected chi connectivity index (χ2v) is 12.8. The standard InChI is InChI=1S/C16H30O4Si/c1-15(2,3)21(6,7)18-11-13-14-12(9-8-10-17-13)19-16(4,5)20-14/h8,10,12-14H,9,11H2,1-7H3/t12-,13+,14-/m0/s1. The largest absolute Gasteiger partial charge is 0.493 e. The van der Waals surface area contributed by atoms with E-state index < -0.39 is 14.1 Å². The first-order valence-corrected chi connectivity index (χ1v) is 10.7. The van der Waals surface area contributed by atoms with Gasteiger partial charge in [-0.2, -0.15) is 0 Å². The smallest absolute Gasteiger partial charge is 0.192 e. The molecule has 1 fully saturated rings. The maximum atomic E-state index is 6.31. The van der Waals surface area contributed by atoms with Crippen molar-refractivity contribution in [1.29, 1.82) is 0 Å². The van der Waals surface area contributed by atoms with Crippen LogP contribution in [0.25, 0.3) is 0 Å². The predicted octanol–water partition coefficient (Wildman–Crippen LogP) is 3.83. The second kappa shape index (κ2) is 5.69. The fraction of sp³-hybridized carbons (Fsp3) is 0.875. The van der Waals surface area contributed by atoms with Gasteiger partial charge >= 0.3 is 0 Å². The van der Waals surface area contributed by atoms with Crippen molar-refractivity contribution >= 4 is 8.32 Å². The molecule has 0 aromatic carbocycles. The molecule has 122 valence electrons. The first kappa shape index (κ1) is 17.0. The summed E-state index contributed by atoms with van der Waals surface area (Å²) in [6, 6.07) is 0. The highest BCUT2D eigenvalue weighted by Crippen LogP contribution is 2.38. The van der Waals surface area contributed by atoms with Gasteiger partial charge in [-0.3, -0.25) is 0 Å². The van der Waals surface area contributed by atoms with Crippen LogP contribution in [0, 0.1) is 0 Å². The van der Waals surface area contributed by atoms with E-state index in [0.29, 0.717) is 6.61 Å². The Balaban J connectivity index is 2.03. The molecule has 2 aliphatic heterocycles. The summed E-state index contributed by atoms with van der Waals surface area (Å²) in [4.78, 5) is 0. The molecule has 21 heavy (non-hydrogen) atoms. The minimum Gasteiger partial charge on any atom is -0.493 e.